The van der Waals surface area contributed by atoms with Crippen molar-refractivity contribution in [3.63, 3.8) is 0 Å². The van der Waals surface area contributed by atoms with E-state index in [1.54, 1.807) is 7.11 Å². The van der Waals surface area contributed by atoms with Gasteiger partial charge in [0.25, 0.3) is 0 Å². The van der Waals surface area contributed by atoms with Crippen molar-refractivity contribution < 1.29 is 4.74 Å². The van der Waals surface area contributed by atoms with E-state index < -0.39 is 0 Å². The third-order valence-electron chi connectivity index (χ3n) is 4.31. The molecule has 1 aliphatic rings. The maximum atomic E-state index is 5.18. The maximum absolute atomic E-state index is 5.18. The van der Waals surface area contributed by atoms with Crippen LogP contribution in [0.1, 0.15) is 51.3 Å². The molecule has 1 fully saturated rings. The second kappa shape index (κ2) is 6.53. The minimum absolute atomic E-state index is 0.491. The van der Waals surface area contributed by atoms with Crippen LogP contribution in [0.5, 0.6) is 0 Å². The third kappa shape index (κ3) is 4.05. The fraction of sp³-hybridized carbons (Fsp3) is 0.800. The summed E-state index contributed by atoms with van der Waals surface area (Å²) in [7, 11) is 1.78. The van der Waals surface area contributed by atoms with Gasteiger partial charge in [0.1, 0.15) is 0 Å². The van der Waals surface area contributed by atoms with Gasteiger partial charge < -0.3 is 10.1 Å². The average molecular weight is 265 g/mol. The molecule has 0 aliphatic heterocycles. The minimum Gasteiger partial charge on any atom is -0.385 e. The van der Waals surface area contributed by atoms with Crippen LogP contribution in [0, 0.1) is 5.41 Å². The van der Waals surface area contributed by atoms with Crippen molar-refractivity contribution in [1.82, 2.24) is 15.1 Å². The Hall–Kier alpha value is -0.870. The monoisotopic (exact) mass is 265 g/mol. The van der Waals surface area contributed by atoms with Gasteiger partial charge in [0.15, 0.2) is 0 Å². The molecule has 0 aromatic carbocycles. The first-order valence-electron chi connectivity index (χ1n) is 7.43. The van der Waals surface area contributed by atoms with Gasteiger partial charge in [-0.05, 0) is 44.1 Å². The Labute approximate surface area is 116 Å². The van der Waals surface area contributed by atoms with Crippen molar-refractivity contribution in [3.8, 4) is 0 Å². The lowest BCUT2D eigenvalue weighted by molar-refractivity contribution is 0.171. The SMILES string of the molecule is CCC(C)n1ccc(CNCC2(CCOC)CC2)n1. The molecule has 4 nitrogen and oxygen atoms in total. The van der Waals surface area contributed by atoms with Crippen LogP contribution in [0.2, 0.25) is 0 Å². The topological polar surface area (TPSA) is 39.1 Å². The standard InChI is InChI=1S/C15H27N3O/c1-4-13(2)18-9-5-14(17-18)11-16-12-15(6-7-15)8-10-19-3/h5,9,13,16H,4,6-8,10-12H2,1-3H3. The van der Waals surface area contributed by atoms with Gasteiger partial charge in [-0.15, -0.1) is 0 Å². The lowest BCUT2D eigenvalue weighted by Crippen LogP contribution is -2.25. The summed E-state index contributed by atoms with van der Waals surface area (Å²) in [4.78, 5) is 0. The van der Waals surface area contributed by atoms with Gasteiger partial charge in [-0.1, -0.05) is 6.92 Å². The molecule has 0 bridgehead atoms. The summed E-state index contributed by atoms with van der Waals surface area (Å²) < 4.78 is 7.25. The Morgan fingerprint density at radius 2 is 2.32 bits per heavy atom. The Balaban J connectivity index is 1.72. The highest BCUT2D eigenvalue weighted by atomic mass is 16.5. The van der Waals surface area contributed by atoms with Crippen molar-refractivity contribution >= 4 is 0 Å². The van der Waals surface area contributed by atoms with Crippen molar-refractivity contribution in [2.75, 3.05) is 20.3 Å². The number of hydrogen-bond donors (Lipinski definition) is 1. The molecule has 1 unspecified atom stereocenters. The van der Waals surface area contributed by atoms with Gasteiger partial charge in [0, 0.05) is 39.0 Å². The smallest absolute Gasteiger partial charge is 0.0762 e. The Kier molecular flexibility index (Phi) is 4.99. The molecule has 1 saturated carbocycles. The molecule has 0 saturated heterocycles. The van der Waals surface area contributed by atoms with Gasteiger partial charge in [-0.3, -0.25) is 4.68 Å². The number of methoxy groups -OCH3 is 1. The molecule has 4 heteroatoms. The quantitative estimate of drug-likeness (QED) is 0.746. The van der Waals surface area contributed by atoms with Crippen LogP contribution in [0.15, 0.2) is 12.3 Å². The first kappa shape index (κ1) is 14.5. The molecule has 0 amide bonds. The van der Waals surface area contributed by atoms with Crippen LogP contribution in [0.25, 0.3) is 0 Å². The summed E-state index contributed by atoms with van der Waals surface area (Å²) in [6.07, 6.45) is 7.06. The van der Waals surface area contributed by atoms with Crippen LogP contribution in [-0.4, -0.2) is 30.0 Å². The molecule has 1 N–H and O–H groups in total. The molecular weight excluding hydrogens is 238 g/mol. The van der Waals surface area contributed by atoms with Crippen molar-refractivity contribution in [2.24, 2.45) is 5.41 Å². The molecule has 1 aromatic rings. The summed E-state index contributed by atoms with van der Waals surface area (Å²) in [5, 5.41) is 8.16. The van der Waals surface area contributed by atoms with Gasteiger partial charge in [-0.2, -0.15) is 5.10 Å². The van der Waals surface area contributed by atoms with Crippen LogP contribution in [0.3, 0.4) is 0 Å². The summed E-state index contributed by atoms with van der Waals surface area (Å²) in [6.45, 7) is 7.24. The Bertz CT molecular complexity index is 384. The lowest BCUT2D eigenvalue weighted by Gasteiger charge is -2.15. The van der Waals surface area contributed by atoms with Crippen LogP contribution in [0.4, 0.5) is 0 Å². The molecular formula is C15H27N3O. The van der Waals surface area contributed by atoms with Crippen LogP contribution in [-0.2, 0) is 11.3 Å². The van der Waals surface area contributed by atoms with Gasteiger partial charge in [0.05, 0.1) is 5.69 Å². The molecule has 2 rings (SSSR count). The highest BCUT2D eigenvalue weighted by Gasteiger charge is 2.41. The zero-order valence-corrected chi connectivity index (χ0v) is 12.5. The maximum Gasteiger partial charge on any atom is 0.0762 e. The molecule has 1 aromatic heterocycles. The Morgan fingerprint density at radius 3 is 2.95 bits per heavy atom. The summed E-state index contributed by atoms with van der Waals surface area (Å²) >= 11 is 0. The van der Waals surface area contributed by atoms with E-state index in [1.165, 1.54) is 19.3 Å². The van der Waals surface area contributed by atoms with Crippen molar-refractivity contribution in [2.45, 2.75) is 52.1 Å². The third-order valence-corrected chi connectivity index (χ3v) is 4.31. The van der Waals surface area contributed by atoms with E-state index in [0.717, 1.165) is 31.8 Å². The average Bonchev–Trinajstić information content (AvgIpc) is 3.03. The highest BCUT2D eigenvalue weighted by molar-refractivity contribution is 5.01. The summed E-state index contributed by atoms with van der Waals surface area (Å²) in [5.74, 6) is 0. The zero-order chi connectivity index (χ0) is 13.7. The van der Waals surface area contributed by atoms with E-state index in [4.69, 9.17) is 4.74 Å². The highest BCUT2D eigenvalue weighted by Crippen LogP contribution is 2.48. The molecule has 1 atom stereocenters. The second-order valence-corrected chi connectivity index (χ2v) is 5.89. The molecule has 108 valence electrons. The van der Waals surface area contributed by atoms with Gasteiger partial charge in [-0.25, -0.2) is 0 Å². The first-order chi connectivity index (χ1) is 9.19. The number of hydrogen-bond acceptors (Lipinski definition) is 3. The molecule has 0 spiro atoms. The number of aromatic nitrogens is 2. The second-order valence-electron chi connectivity index (χ2n) is 5.89. The van der Waals surface area contributed by atoms with Crippen molar-refractivity contribution in [3.05, 3.63) is 18.0 Å². The molecule has 1 heterocycles. The number of nitrogens with one attached hydrogen (secondary N) is 1. The lowest BCUT2D eigenvalue weighted by atomic mass is 10.0. The fourth-order valence-corrected chi connectivity index (χ4v) is 2.37. The normalized spacial score (nSPS) is 18.5. The number of ether oxygens (including phenoxy) is 1. The van der Waals surface area contributed by atoms with E-state index in [0.29, 0.717) is 11.5 Å². The number of nitrogens with zero attached hydrogens (tertiary/aromatic N) is 2. The van der Waals surface area contributed by atoms with Gasteiger partial charge in [0.2, 0.25) is 0 Å². The van der Waals surface area contributed by atoms with Gasteiger partial charge >= 0.3 is 0 Å². The van der Waals surface area contributed by atoms with E-state index >= 15 is 0 Å². The van der Waals surface area contributed by atoms with E-state index in [9.17, 15) is 0 Å². The molecule has 1 aliphatic carbocycles. The van der Waals surface area contributed by atoms with E-state index in [2.05, 4.69) is 41.2 Å². The van der Waals surface area contributed by atoms with Crippen molar-refractivity contribution in [1.29, 1.82) is 0 Å². The largest absolute Gasteiger partial charge is 0.385 e. The predicted molar refractivity (Wildman–Crippen MR) is 77.1 cm³/mol. The first-order valence-corrected chi connectivity index (χ1v) is 7.43. The minimum atomic E-state index is 0.491. The number of rotatable bonds is 9. The Morgan fingerprint density at radius 1 is 1.53 bits per heavy atom. The van der Waals surface area contributed by atoms with E-state index in [1.807, 2.05) is 0 Å². The zero-order valence-electron chi connectivity index (χ0n) is 12.5. The predicted octanol–water partition coefficient (Wildman–Crippen LogP) is 2.76. The van der Waals surface area contributed by atoms with Crippen LogP contribution < -0.4 is 5.32 Å². The van der Waals surface area contributed by atoms with E-state index in [-0.39, 0.29) is 0 Å². The fourth-order valence-electron chi connectivity index (χ4n) is 2.37. The van der Waals surface area contributed by atoms with Crippen LogP contribution >= 0.6 is 0 Å². The summed E-state index contributed by atoms with van der Waals surface area (Å²) in [5.41, 5.74) is 1.65. The summed E-state index contributed by atoms with van der Waals surface area (Å²) in [6, 6.07) is 2.61. The molecule has 0 radical (unpaired) electrons. The molecule has 19 heavy (non-hydrogen) atoms.